The summed E-state index contributed by atoms with van der Waals surface area (Å²) in [5.41, 5.74) is 25.9. The van der Waals surface area contributed by atoms with Crippen LogP contribution in [0.25, 0.3) is 6.08 Å². The molecule has 4 rings (SSSR count). The summed E-state index contributed by atoms with van der Waals surface area (Å²) in [5, 5.41) is 0. The van der Waals surface area contributed by atoms with Crippen LogP contribution in [-0.4, -0.2) is 69.7 Å². The maximum absolute atomic E-state index is 12.5. The van der Waals surface area contributed by atoms with Gasteiger partial charge in [0.15, 0.2) is 0 Å². The van der Waals surface area contributed by atoms with E-state index in [1.54, 1.807) is 54.6 Å². The first-order chi connectivity index (χ1) is 32.6. The molecule has 0 spiro atoms. The van der Waals surface area contributed by atoms with Crippen molar-refractivity contribution in [1.29, 1.82) is 0 Å². The molecule has 17 heteroatoms. The number of esters is 4. The molecule has 8 N–H and O–H groups in total. The standard InChI is InChI=1S/C33H35F3N2O8.C18H30N2O2/c34-33(35,36)14-2-1-3-15-43-28-11-7-24(8-12-28)32(41)46-29-9-4-23(5-10-29)6-13-30(39)44-18-16-42-17-19-45-31(40)25-20-26(37)22-27(38)21-25;1-2-3-4-5-6-7-8-9-10-11-22-18(21)15-12-16(19)14-17(20)13-15/h4-13,20-22H,1-3,14-19,37-38H2;12-14H,2-11,19-20H2,1H3. The number of nitrogen functional groups attached to an aromatic ring is 4. The minimum Gasteiger partial charge on any atom is -0.494 e. The number of benzene rings is 4. The summed E-state index contributed by atoms with van der Waals surface area (Å²) >= 11 is 0. The fourth-order valence-corrected chi connectivity index (χ4v) is 6.34. The van der Waals surface area contributed by atoms with Gasteiger partial charge < -0.3 is 51.4 Å². The number of hydrogen-bond donors (Lipinski definition) is 4. The first kappa shape index (κ1) is 55.6. The molecule has 0 radical (unpaired) electrons. The molecule has 0 atom stereocenters. The van der Waals surface area contributed by atoms with E-state index in [4.69, 9.17) is 51.4 Å². The fourth-order valence-electron chi connectivity index (χ4n) is 6.34. The Balaban J connectivity index is 0.000000466. The molecule has 0 bridgehead atoms. The number of carbonyl (C=O) groups is 4. The van der Waals surface area contributed by atoms with Crippen LogP contribution in [0.5, 0.6) is 11.5 Å². The molecule has 14 nitrogen and oxygen atoms in total. The maximum atomic E-state index is 12.5. The van der Waals surface area contributed by atoms with Crippen LogP contribution in [0.15, 0.2) is 91.0 Å². The number of nitrogens with two attached hydrogens (primary N) is 4. The Morgan fingerprint density at radius 3 is 1.51 bits per heavy atom. The van der Waals surface area contributed by atoms with Gasteiger partial charge in [0.25, 0.3) is 0 Å². The Bertz CT molecular complexity index is 2130. The lowest BCUT2D eigenvalue weighted by Gasteiger charge is -2.08. The summed E-state index contributed by atoms with van der Waals surface area (Å²) in [4.78, 5) is 48.3. The van der Waals surface area contributed by atoms with Crippen molar-refractivity contribution < 1.29 is 60.8 Å². The number of rotatable bonds is 28. The van der Waals surface area contributed by atoms with E-state index >= 15 is 0 Å². The molecule has 0 amide bonds. The Morgan fingerprint density at radius 2 is 0.971 bits per heavy atom. The molecular weight excluding hydrogens is 886 g/mol. The van der Waals surface area contributed by atoms with Gasteiger partial charge in [-0.1, -0.05) is 70.4 Å². The van der Waals surface area contributed by atoms with Gasteiger partial charge in [-0.3, -0.25) is 0 Å². The number of anilines is 4. The molecular formula is C51H65F3N4O10. The Morgan fingerprint density at radius 1 is 0.500 bits per heavy atom. The second-order valence-corrected chi connectivity index (χ2v) is 15.7. The number of alkyl halides is 3. The van der Waals surface area contributed by atoms with Crippen molar-refractivity contribution in [2.75, 3.05) is 62.6 Å². The molecule has 0 aromatic heterocycles. The van der Waals surface area contributed by atoms with Crippen molar-refractivity contribution in [2.45, 2.75) is 96.6 Å². The van der Waals surface area contributed by atoms with Gasteiger partial charge >= 0.3 is 30.1 Å². The predicted molar refractivity (Wildman–Crippen MR) is 257 cm³/mol. The third-order valence-corrected chi connectivity index (χ3v) is 9.81. The lowest BCUT2D eigenvalue weighted by atomic mass is 10.1. The van der Waals surface area contributed by atoms with Gasteiger partial charge in [-0.2, -0.15) is 13.2 Å². The van der Waals surface area contributed by atoms with E-state index in [2.05, 4.69) is 6.92 Å². The van der Waals surface area contributed by atoms with Crippen molar-refractivity contribution in [3.05, 3.63) is 113 Å². The summed E-state index contributed by atoms with van der Waals surface area (Å²) < 4.78 is 68.1. The van der Waals surface area contributed by atoms with Crippen LogP contribution in [0.4, 0.5) is 35.9 Å². The van der Waals surface area contributed by atoms with Crippen molar-refractivity contribution in [1.82, 2.24) is 0 Å². The zero-order valence-corrected chi connectivity index (χ0v) is 38.7. The highest BCUT2D eigenvalue weighted by molar-refractivity contribution is 5.93. The van der Waals surface area contributed by atoms with E-state index in [0.29, 0.717) is 64.8 Å². The molecule has 4 aromatic carbocycles. The highest BCUT2D eigenvalue weighted by atomic mass is 19.4. The minimum absolute atomic E-state index is 0.00374. The third kappa shape index (κ3) is 24.7. The topological polar surface area (TPSA) is 228 Å². The Kier molecular flexibility index (Phi) is 25.6. The van der Waals surface area contributed by atoms with Gasteiger partial charge in [0, 0.05) is 35.2 Å². The van der Waals surface area contributed by atoms with E-state index in [1.807, 2.05) is 0 Å². The number of unbranched alkanes of at least 4 members (excludes halogenated alkanes) is 10. The van der Waals surface area contributed by atoms with E-state index in [-0.39, 0.29) is 56.6 Å². The Hall–Kier alpha value is -6.75. The average molecular weight is 951 g/mol. The van der Waals surface area contributed by atoms with Gasteiger partial charge in [0.1, 0.15) is 24.7 Å². The van der Waals surface area contributed by atoms with Crippen molar-refractivity contribution in [2.24, 2.45) is 0 Å². The van der Waals surface area contributed by atoms with Crippen LogP contribution in [0.1, 0.15) is 127 Å². The summed E-state index contributed by atoms with van der Waals surface area (Å²) in [7, 11) is 0. The van der Waals surface area contributed by atoms with Crippen molar-refractivity contribution in [3.63, 3.8) is 0 Å². The number of hydrogen-bond acceptors (Lipinski definition) is 14. The third-order valence-electron chi connectivity index (χ3n) is 9.81. The summed E-state index contributed by atoms with van der Waals surface area (Å²) in [6.07, 6.45) is 10.00. The number of ether oxygens (including phenoxy) is 6. The lowest BCUT2D eigenvalue weighted by molar-refractivity contribution is -0.139. The fraction of sp³-hybridized carbons (Fsp3) is 0.412. The summed E-state index contributed by atoms with van der Waals surface area (Å²) in [6.45, 7) is 3.17. The molecule has 0 aliphatic rings. The van der Waals surface area contributed by atoms with Gasteiger partial charge in [-0.15, -0.1) is 0 Å². The lowest BCUT2D eigenvalue weighted by Crippen LogP contribution is -2.14. The smallest absolute Gasteiger partial charge is 0.389 e. The first-order valence-corrected chi connectivity index (χ1v) is 22.8. The number of carbonyl (C=O) groups excluding carboxylic acids is 4. The van der Waals surface area contributed by atoms with Crippen LogP contribution >= 0.6 is 0 Å². The van der Waals surface area contributed by atoms with E-state index in [9.17, 15) is 32.3 Å². The molecule has 0 aliphatic carbocycles. The SMILES string of the molecule is CCCCCCCCCCCOC(=O)c1cc(N)cc(N)c1.Nc1cc(N)cc(C(=O)OCCOCCOC(=O)C=Cc2ccc(OC(=O)c3ccc(OCCCCCC(F)(F)F)cc3)cc2)c1. The maximum Gasteiger partial charge on any atom is 0.389 e. The van der Waals surface area contributed by atoms with E-state index in [0.717, 1.165) is 12.8 Å². The molecule has 68 heavy (non-hydrogen) atoms. The molecule has 0 saturated heterocycles. The van der Waals surface area contributed by atoms with Crippen LogP contribution < -0.4 is 32.4 Å². The van der Waals surface area contributed by atoms with Crippen LogP contribution in [-0.2, 0) is 23.7 Å². The second-order valence-electron chi connectivity index (χ2n) is 15.7. The van der Waals surface area contributed by atoms with Crippen LogP contribution in [0.2, 0.25) is 0 Å². The molecule has 0 heterocycles. The van der Waals surface area contributed by atoms with Gasteiger partial charge in [0.05, 0.1) is 43.1 Å². The zero-order chi connectivity index (χ0) is 49.6. The largest absolute Gasteiger partial charge is 0.494 e. The number of halogens is 3. The van der Waals surface area contributed by atoms with E-state index < -0.39 is 30.5 Å². The van der Waals surface area contributed by atoms with Crippen molar-refractivity contribution in [3.8, 4) is 11.5 Å². The molecule has 370 valence electrons. The monoisotopic (exact) mass is 950 g/mol. The first-order valence-electron chi connectivity index (χ1n) is 22.8. The van der Waals surface area contributed by atoms with Crippen molar-refractivity contribution >= 4 is 52.7 Å². The molecule has 0 unspecified atom stereocenters. The van der Waals surface area contributed by atoms with Gasteiger partial charge in [0.2, 0.25) is 0 Å². The molecule has 0 saturated carbocycles. The molecule has 4 aromatic rings. The molecule has 0 fully saturated rings. The summed E-state index contributed by atoms with van der Waals surface area (Å²) in [5.74, 6) is -1.31. The average Bonchev–Trinajstić information content (AvgIpc) is 3.29. The van der Waals surface area contributed by atoms with Gasteiger partial charge in [-0.05, 0) is 110 Å². The van der Waals surface area contributed by atoms with Gasteiger partial charge in [-0.25, -0.2) is 19.2 Å². The Labute approximate surface area is 396 Å². The second kappa shape index (κ2) is 31.3. The quantitative estimate of drug-likeness (QED) is 0.0104. The molecule has 0 aliphatic heterocycles. The van der Waals surface area contributed by atoms with Crippen LogP contribution in [0.3, 0.4) is 0 Å². The predicted octanol–water partition coefficient (Wildman–Crippen LogP) is 10.5. The highest BCUT2D eigenvalue weighted by Gasteiger charge is 2.25. The minimum atomic E-state index is -4.14. The highest BCUT2D eigenvalue weighted by Crippen LogP contribution is 2.23. The summed E-state index contributed by atoms with van der Waals surface area (Å²) in [6, 6.07) is 21.9. The van der Waals surface area contributed by atoms with E-state index in [1.165, 1.54) is 87.4 Å². The zero-order valence-electron chi connectivity index (χ0n) is 38.7. The van der Waals surface area contributed by atoms with Crippen LogP contribution in [0, 0.1) is 0 Å². The normalized spacial score (nSPS) is 11.1.